The quantitative estimate of drug-likeness (QED) is 0.770. The van der Waals surface area contributed by atoms with Gasteiger partial charge in [-0.2, -0.15) is 0 Å². The molecule has 1 aromatic carbocycles. The SMILES string of the molecule is CCCC(CCc1cccc(C)c1C)NC. The maximum atomic E-state index is 3.41. The minimum absolute atomic E-state index is 0.671. The highest BCUT2D eigenvalue weighted by atomic mass is 14.9. The van der Waals surface area contributed by atoms with Gasteiger partial charge in [0.15, 0.2) is 0 Å². The van der Waals surface area contributed by atoms with Gasteiger partial charge >= 0.3 is 0 Å². The van der Waals surface area contributed by atoms with Crippen LogP contribution in [-0.4, -0.2) is 13.1 Å². The average molecular weight is 219 g/mol. The molecule has 0 aromatic heterocycles. The van der Waals surface area contributed by atoms with E-state index in [4.69, 9.17) is 0 Å². The molecule has 0 amide bonds. The molecule has 0 saturated heterocycles. The van der Waals surface area contributed by atoms with E-state index in [0.717, 1.165) is 0 Å². The van der Waals surface area contributed by atoms with Crippen LogP contribution >= 0.6 is 0 Å². The Balaban J connectivity index is 2.56. The van der Waals surface area contributed by atoms with E-state index in [2.05, 4.69) is 51.3 Å². The molecule has 0 aliphatic heterocycles. The summed E-state index contributed by atoms with van der Waals surface area (Å²) in [5.41, 5.74) is 4.39. The molecule has 0 aliphatic carbocycles. The van der Waals surface area contributed by atoms with E-state index in [1.165, 1.54) is 42.4 Å². The first-order valence-electron chi connectivity index (χ1n) is 6.41. The van der Waals surface area contributed by atoms with Crippen molar-refractivity contribution in [1.82, 2.24) is 5.32 Å². The van der Waals surface area contributed by atoms with Crippen LogP contribution in [0.2, 0.25) is 0 Å². The maximum absolute atomic E-state index is 3.41. The normalized spacial score (nSPS) is 12.8. The van der Waals surface area contributed by atoms with Crippen LogP contribution in [0.5, 0.6) is 0 Å². The largest absolute Gasteiger partial charge is 0.317 e. The zero-order chi connectivity index (χ0) is 12.0. The molecule has 1 heteroatoms. The van der Waals surface area contributed by atoms with E-state index in [0.29, 0.717) is 6.04 Å². The molecule has 1 unspecified atom stereocenters. The molecule has 0 radical (unpaired) electrons. The van der Waals surface area contributed by atoms with Crippen molar-refractivity contribution in [2.24, 2.45) is 0 Å². The molecule has 1 aromatic rings. The van der Waals surface area contributed by atoms with Gasteiger partial charge in [-0.05, 0) is 56.8 Å². The molecular weight excluding hydrogens is 194 g/mol. The fraction of sp³-hybridized carbons (Fsp3) is 0.600. The maximum Gasteiger partial charge on any atom is 0.00671 e. The van der Waals surface area contributed by atoms with Gasteiger partial charge in [-0.25, -0.2) is 0 Å². The molecule has 90 valence electrons. The lowest BCUT2D eigenvalue weighted by atomic mass is 9.96. The van der Waals surface area contributed by atoms with Crippen molar-refractivity contribution < 1.29 is 0 Å². The summed E-state index contributed by atoms with van der Waals surface area (Å²) in [6, 6.07) is 7.30. The number of nitrogens with one attached hydrogen (secondary N) is 1. The highest BCUT2D eigenvalue weighted by Gasteiger charge is 2.06. The predicted octanol–water partition coefficient (Wildman–Crippen LogP) is 3.62. The Kier molecular flexibility index (Phi) is 5.54. The minimum atomic E-state index is 0.671. The molecule has 0 heterocycles. The molecule has 1 atom stereocenters. The molecule has 16 heavy (non-hydrogen) atoms. The Morgan fingerprint density at radius 2 is 1.94 bits per heavy atom. The van der Waals surface area contributed by atoms with E-state index < -0.39 is 0 Å². The van der Waals surface area contributed by atoms with Crippen LogP contribution in [0.3, 0.4) is 0 Å². The molecule has 0 fully saturated rings. The lowest BCUT2D eigenvalue weighted by molar-refractivity contribution is 0.483. The highest BCUT2D eigenvalue weighted by Crippen LogP contribution is 2.16. The van der Waals surface area contributed by atoms with Gasteiger partial charge in [0.25, 0.3) is 0 Å². The van der Waals surface area contributed by atoms with Gasteiger partial charge in [0, 0.05) is 6.04 Å². The lowest BCUT2D eigenvalue weighted by Crippen LogP contribution is -2.25. The van der Waals surface area contributed by atoms with Crippen molar-refractivity contribution in [2.75, 3.05) is 7.05 Å². The molecule has 1 N–H and O–H groups in total. The zero-order valence-corrected chi connectivity index (χ0v) is 11.1. The molecule has 1 nitrogen and oxygen atoms in total. The Morgan fingerprint density at radius 1 is 1.19 bits per heavy atom. The Hall–Kier alpha value is -0.820. The summed E-state index contributed by atoms with van der Waals surface area (Å²) in [6.07, 6.45) is 4.98. The van der Waals surface area contributed by atoms with Crippen molar-refractivity contribution in [3.8, 4) is 0 Å². The standard InChI is InChI=1S/C15H25N/c1-5-7-15(16-4)11-10-14-9-6-8-12(2)13(14)3/h6,8-9,15-16H,5,7,10-11H2,1-4H3. The molecule has 0 saturated carbocycles. The molecule has 1 rings (SSSR count). The molecule has 0 spiro atoms. The van der Waals surface area contributed by atoms with Crippen LogP contribution in [0.25, 0.3) is 0 Å². The second-order valence-corrected chi connectivity index (χ2v) is 4.67. The van der Waals surface area contributed by atoms with Crippen LogP contribution in [0.1, 0.15) is 42.9 Å². The van der Waals surface area contributed by atoms with Gasteiger partial charge in [0.05, 0.1) is 0 Å². The fourth-order valence-electron chi connectivity index (χ4n) is 2.19. The smallest absolute Gasteiger partial charge is 0.00671 e. The van der Waals surface area contributed by atoms with Gasteiger partial charge in [0.2, 0.25) is 0 Å². The zero-order valence-electron chi connectivity index (χ0n) is 11.1. The summed E-state index contributed by atoms with van der Waals surface area (Å²) in [6.45, 7) is 6.68. The second kappa shape index (κ2) is 6.70. The number of rotatable bonds is 6. The van der Waals surface area contributed by atoms with Crippen LogP contribution in [0.15, 0.2) is 18.2 Å². The predicted molar refractivity (Wildman–Crippen MR) is 72.0 cm³/mol. The lowest BCUT2D eigenvalue weighted by Gasteiger charge is -2.16. The van der Waals surface area contributed by atoms with E-state index in [-0.39, 0.29) is 0 Å². The third-order valence-electron chi connectivity index (χ3n) is 3.52. The number of hydrogen-bond acceptors (Lipinski definition) is 1. The third-order valence-corrected chi connectivity index (χ3v) is 3.52. The molecule has 0 aliphatic rings. The van der Waals surface area contributed by atoms with E-state index in [1.54, 1.807) is 0 Å². The Bertz CT molecular complexity index is 317. The summed E-state index contributed by atoms with van der Waals surface area (Å²) < 4.78 is 0. The van der Waals surface area contributed by atoms with Gasteiger partial charge in [-0.1, -0.05) is 31.5 Å². The van der Waals surface area contributed by atoms with Gasteiger partial charge in [-0.3, -0.25) is 0 Å². The third kappa shape index (κ3) is 3.64. The van der Waals surface area contributed by atoms with E-state index in [1.807, 2.05) is 0 Å². The van der Waals surface area contributed by atoms with Crippen LogP contribution in [0, 0.1) is 13.8 Å². The Morgan fingerprint density at radius 3 is 2.56 bits per heavy atom. The van der Waals surface area contributed by atoms with Crippen LogP contribution in [-0.2, 0) is 6.42 Å². The number of benzene rings is 1. The van der Waals surface area contributed by atoms with E-state index in [9.17, 15) is 0 Å². The topological polar surface area (TPSA) is 12.0 Å². The van der Waals surface area contributed by atoms with Gasteiger partial charge in [-0.15, -0.1) is 0 Å². The summed E-state index contributed by atoms with van der Waals surface area (Å²) in [7, 11) is 2.07. The van der Waals surface area contributed by atoms with Crippen molar-refractivity contribution >= 4 is 0 Å². The van der Waals surface area contributed by atoms with Crippen LogP contribution < -0.4 is 5.32 Å². The first-order chi connectivity index (χ1) is 7.69. The first kappa shape index (κ1) is 13.2. The van der Waals surface area contributed by atoms with Crippen LogP contribution in [0.4, 0.5) is 0 Å². The summed E-state index contributed by atoms with van der Waals surface area (Å²) >= 11 is 0. The van der Waals surface area contributed by atoms with E-state index >= 15 is 0 Å². The minimum Gasteiger partial charge on any atom is -0.317 e. The second-order valence-electron chi connectivity index (χ2n) is 4.67. The highest BCUT2D eigenvalue weighted by molar-refractivity contribution is 5.33. The summed E-state index contributed by atoms with van der Waals surface area (Å²) in [4.78, 5) is 0. The fourth-order valence-corrected chi connectivity index (χ4v) is 2.19. The van der Waals surface area contributed by atoms with Crippen molar-refractivity contribution in [3.63, 3.8) is 0 Å². The van der Waals surface area contributed by atoms with Crippen molar-refractivity contribution in [2.45, 2.75) is 52.5 Å². The molecular formula is C15H25N. The van der Waals surface area contributed by atoms with Gasteiger partial charge < -0.3 is 5.32 Å². The monoisotopic (exact) mass is 219 g/mol. The average Bonchev–Trinajstić information content (AvgIpc) is 2.29. The summed E-state index contributed by atoms with van der Waals surface area (Å²) in [5, 5.41) is 3.41. The number of aryl methyl sites for hydroxylation is 2. The van der Waals surface area contributed by atoms with Crippen molar-refractivity contribution in [3.05, 3.63) is 34.9 Å². The number of hydrogen-bond donors (Lipinski definition) is 1. The summed E-state index contributed by atoms with van der Waals surface area (Å²) in [5.74, 6) is 0. The van der Waals surface area contributed by atoms with Crippen molar-refractivity contribution in [1.29, 1.82) is 0 Å². The first-order valence-corrected chi connectivity index (χ1v) is 6.41. The molecule has 0 bridgehead atoms. The Labute approximate surface area is 100 Å². The van der Waals surface area contributed by atoms with Gasteiger partial charge in [0.1, 0.15) is 0 Å².